The number of fused-ring (bicyclic) bond motifs is 1. The van der Waals surface area contributed by atoms with Crippen molar-refractivity contribution in [1.82, 2.24) is 19.5 Å². The second kappa shape index (κ2) is 17.3. The van der Waals surface area contributed by atoms with Crippen molar-refractivity contribution in [2.75, 3.05) is 11.5 Å². The van der Waals surface area contributed by atoms with Crippen molar-refractivity contribution in [1.29, 1.82) is 0 Å². The molecule has 0 saturated carbocycles. The monoisotopic (exact) mass is 805 g/mol. The van der Waals surface area contributed by atoms with Crippen LogP contribution in [0.5, 0.6) is 0 Å². The molecule has 7 aromatic rings. The standard InChI is InChI=1S/C45H32FN5O9/c46-45-48-37-34(38(49-45)51(39(52)28-16-6-1-7-17-28)40(53)29-18-8-2-9-19-29)47-27-50(37)41-36(60-44(56)32-24-14-5-15-25-32)35(59-43(55)31-22-12-4-13-23-31)33(58-41)26-57-42(54)30-20-10-3-11-21-30/h1-25,27,33,35-36,41H,26H2/t33-,35-,36-,41-/m1/s1. The van der Waals surface area contributed by atoms with Crippen LogP contribution in [-0.4, -0.2) is 74.2 Å². The lowest BCUT2D eigenvalue weighted by atomic mass is 10.1. The maximum atomic E-state index is 15.8. The predicted octanol–water partition coefficient (Wildman–Crippen LogP) is 6.66. The molecule has 4 atom stereocenters. The van der Waals surface area contributed by atoms with Gasteiger partial charge in [0.25, 0.3) is 11.8 Å². The van der Waals surface area contributed by atoms with Crippen LogP contribution < -0.4 is 4.90 Å². The van der Waals surface area contributed by atoms with Crippen molar-refractivity contribution in [3.8, 4) is 0 Å². The lowest BCUT2D eigenvalue weighted by Gasteiger charge is -2.25. The Balaban J connectivity index is 1.23. The van der Waals surface area contributed by atoms with E-state index in [2.05, 4.69) is 15.0 Å². The molecule has 8 rings (SSSR count). The SMILES string of the molecule is O=C(OC[C@H]1O[C@@H](n2cnc3c(N(C(=O)c4ccccc4)C(=O)c4ccccc4)nc(F)nc32)[C@H](OC(=O)c2ccccc2)[C@@H]1OC(=O)c1ccccc1)c1ccccc1. The number of amides is 2. The summed E-state index contributed by atoms with van der Waals surface area (Å²) in [6.45, 7) is -0.498. The van der Waals surface area contributed by atoms with Crippen molar-refractivity contribution in [3.63, 3.8) is 0 Å². The predicted molar refractivity (Wildman–Crippen MR) is 211 cm³/mol. The molecule has 0 spiro atoms. The average molecular weight is 806 g/mol. The van der Waals surface area contributed by atoms with Crippen LogP contribution >= 0.6 is 0 Å². The third kappa shape index (κ3) is 8.10. The van der Waals surface area contributed by atoms with Gasteiger partial charge in [-0.3, -0.25) is 14.2 Å². The molecule has 5 aromatic carbocycles. The first kappa shape index (κ1) is 38.9. The Labute approximate surface area is 340 Å². The fourth-order valence-electron chi connectivity index (χ4n) is 6.60. The van der Waals surface area contributed by atoms with E-state index < -0.39 is 72.8 Å². The summed E-state index contributed by atoms with van der Waals surface area (Å²) < 4.78 is 41.1. The highest BCUT2D eigenvalue weighted by atomic mass is 19.1. The van der Waals surface area contributed by atoms with E-state index >= 15 is 4.39 Å². The highest BCUT2D eigenvalue weighted by molar-refractivity contribution is 6.27. The number of nitrogens with zero attached hydrogens (tertiary/aromatic N) is 5. The van der Waals surface area contributed by atoms with Crippen LogP contribution in [0, 0.1) is 6.08 Å². The summed E-state index contributed by atoms with van der Waals surface area (Å²) in [4.78, 5) is 81.8. The summed E-state index contributed by atoms with van der Waals surface area (Å²) in [5, 5.41) is 0. The van der Waals surface area contributed by atoms with Gasteiger partial charge in [-0.1, -0.05) is 91.0 Å². The molecule has 1 aliphatic rings. The third-order valence-electron chi connectivity index (χ3n) is 9.49. The van der Waals surface area contributed by atoms with E-state index in [0.29, 0.717) is 4.90 Å². The molecule has 0 N–H and O–H groups in total. The minimum absolute atomic E-state index is 0.0939. The number of hydrogen-bond acceptors (Lipinski definition) is 12. The van der Waals surface area contributed by atoms with Gasteiger partial charge in [-0.2, -0.15) is 14.4 Å². The maximum Gasteiger partial charge on any atom is 0.338 e. The van der Waals surface area contributed by atoms with E-state index in [1.807, 2.05) is 0 Å². The summed E-state index contributed by atoms with van der Waals surface area (Å²) in [5.41, 5.74) is 0.227. The number of imide groups is 1. The van der Waals surface area contributed by atoms with Crippen LogP contribution in [0.3, 0.4) is 0 Å². The van der Waals surface area contributed by atoms with Crippen LogP contribution in [0.2, 0.25) is 0 Å². The van der Waals surface area contributed by atoms with Gasteiger partial charge in [0.15, 0.2) is 35.4 Å². The van der Waals surface area contributed by atoms with Crippen LogP contribution in [0.1, 0.15) is 58.0 Å². The van der Waals surface area contributed by atoms with Gasteiger partial charge in [0, 0.05) is 11.1 Å². The first-order valence-corrected chi connectivity index (χ1v) is 18.6. The number of imidazole rings is 1. The zero-order valence-corrected chi connectivity index (χ0v) is 31.3. The molecule has 1 fully saturated rings. The van der Waals surface area contributed by atoms with Crippen LogP contribution in [-0.2, 0) is 18.9 Å². The lowest BCUT2D eigenvalue weighted by molar-refractivity contribution is -0.0606. The minimum atomic E-state index is -1.52. The van der Waals surface area contributed by atoms with Crippen LogP contribution in [0.4, 0.5) is 10.2 Å². The van der Waals surface area contributed by atoms with E-state index in [9.17, 15) is 24.0 Å². The Morgan fingerprint density at radius 3 is 1.50 bits per heavy atom. The molecular formula is C45H32FN5O9. The number of rotatable bonds is 11. The fraction of sp³-hybridized carbons (Fsp3) is 0.111. The fourth-order valence-corrected chi connectivity index (χ4v) is 6.60. The van der Waals surface area contributed by atoms with Crippen LogP contribution in [0.15, 0.2) is 158 Å². The zero-order valence-electron chi connectivity index (χ0n) is 31.3. The van der Waals surface area contributed by atoms with E-state index in [1.165, 1.54) is 59.4 Å². The first-order chi connectivity index (χ1) is 29.3. The molecule has 0 radical (unpaired) electrons. The van der Waals surface area contributed by atoms with Gasteiger partial charge in [0.1, 0.15) is 12.7 Å². The molecule has 0 unspecified atom stereocenters. The van der Waals surface area contributed by atoms with Gasteiger partial charge in [-0.25, -0.2) is 24.3 Å². The number of esters is 3. The smallest absolute Gasteiger partial charge is 0.338 e. The molecule has 14 nitrogen and oxygen atoms in total. The van der Waals surface area contributed by atoms with Gasteiger partial charge in [-0.15, -0.1) is 0 Å². The summed E-state index contributed by atoms with van der Waals surface area (Å²) in [6.07, 6.45) is -5.91. The quantitative estimate of drug-likeness (QED) is 0.0591. The third-order valence-corrected chi connectivity index (χ3v) is 9.49. The van der Waals surface area contributed by atoms with Gasteiger partial charge < -0.3 is 18.9 Å². The highest BCUT2D eigenvalue weighted by Crippen LogP contribution is 2.38. The number of anilines is 1. The van der Waals surface area contributed by atoms with Crippen LogP contribution in [0.25, 0.3) is 11.2 Å². The Hall–Kier alpha value is -7.91. The van der Waals surface area contributed by atoms with Crippen molar-refractivity contribution < 1.29 is 47.3 Å². The van der Waals surface area contributed by atoms with Crippen molar-refractivity contribution in [2.45, 2.75) is 24.5 Å². The zero-order chi connectivity index (χ0) is 41.6. The number of ether oxygens (including phenoxy) is 4. The molecule has 1 saturated heterocycles. The number of halogens is 1. The second-order valence-corrected chi connectivity index (χ2v) is 13.3. The minimum Gasteiger partial charge on any atom is -0.459 e. The van der Waals surface area contributed by atoms with E-state index in [0.717, 1.165) is 0 Å². The number of benzene rings is 5. The van der Waals surface area contributed by atoms with Crippen molar-refractivity contribution in [2.24, 2.45) is 0 Å². The summed E-state index contributed by atoms with van der Waals surface area (Å²) >= 11 is 0. The Morgan fingerprint density at radius 1 is 0.583 bits per heavy atom. The Bertz CT molecular complexity index is 2620. The number of hydrogen-bond donors (Lipinski definition) is 0. The van der Waals surface area contributed by atoms with Gasteiger partial charge in [0.05, 0.1) is 23.0 Å². The van der Waals surface area contributed by atoms with Gasteiger partial charge >= 0.3 is 24.0 Å². The molecule has 1 aliphatic heterocycles. The highest BCUT2D eigenvalue weighted by Gasteiger charge is 2.52. The second-order valence-electron chi connectivity index (χ2n) is 13.3. The van der Waals surface area contributed by atoms with Crippen molar-refractivity contribution >= 4 is 46.7 Å². The molecule has 15 heteroatoms. The van der Waals surface area contributed by atoms with E-state index in [4.69, 9.17) is 18.9 Å². The Kier molecular flexibility index (Phi) is 11.2. The number of carbonyl (C=O) groups excluding carboxylic acids is 5. The molecular weight excluding hydrogens is 774 g/mol. The normalized spacial score (nSPS) is 17.1. The lowest BCUT2D eigenvalue weighted by Crippen LogP contribution is -2.41. The average Bonchev–Trinajstić information content (AvgIpc) is 3.87. The molecule has 0 bridgehead atoms. The van der Waals surface area contributed by atoms with Gasteiger partial charge in [0.2, 0.25) is 0 Å². The van der Waals surface area contributed by atoms with Crippen molar-refractivity contribution in [3.05, 3.63) is 192 Å². The Morgan fingerprint density at radius 2 is 1.02 bits per heavy atom. The molecule has 0 aliphatic carbocycles. The summed E-state index contributed by atoms with van der Waals surface area (Å²) in [6, 6.07) is 39.9. The molecule has 2 amide bonds. The number of carbonyl (C=O) groups is 5. The molecule has 3 heterocycles. The summed E-state index contributed by atoms with van der Waals surface area (Å²) in [7, 11) is 0. The molecule has 298 valence electrons. The number of aromatic nitrogens is 4. The molecule has 2 aromatic heterocycles. The maximum absolute atomic E-state index is 15.8. The van der Waals surface area contributed by atoms with E-state index in [1.54, 1.807) is 103 Å². The summed E-state index contributed by atoms with van der Waals surface area (Å²) in [5.74, 6) is -4.53. The van der Waals surface area contributed by atoms with Gasteiger partial charge in [-0.05, 0) is 60.7 Å². The molecule has 60 heavy (non-hydrogen) atoms. The first-order valence-electron chi connectivity index (χ1n) is 18.6. The largest absolute Gasteiger partial charge is 0.459 e. The topological polar surface area (TPSA) is 169 Å². The van der Waals surface area contributed by atoms with E-state index in [-0.39, 0.29) is 39.0 Å².